The highest BCUT2D eigenvalue weighted by Gasteiger charge is 2.53. The number of hydrogen-bond donors (Lipinski definition) is 1. The molecule has 2 atom stereocenters. The maximum atomic E-state index is 10.7. The minimum absolute atomic E-state index is 0.00935. The van der Waals surface area contributed by atoms with Gasteiger partial charge in [0.25, 0.3) is 0 Å². The summed E-state index contributed by atoms with van der Waals surface area (Å²) in [7, 11) is 0. The molecule has 0 aromatic heterocycles. The summed E-state index contributed by atoms with van der Waals surface area (Å²) < 4.78 is 0. The molecule has 0 aliphatic heterocycles. The third-order valence-corrected chi connectivity index (χ3v) is 3.12. The maximum Gasteiger partial charge on any atom is 0.307 e. The van der Waals surface area contributed by atoms with Crippen molar-refractivity contribution in [3.8, 4) is 0 Å². The molecule has 0 bridgehead atoms. The quantitative estimate of drug-likeness (QED) is 0.605. The second-order valence-corrected chi connectivity index (χ2v) is 3.82. The first-order chi connectivity index (χ1) is 5.80. The fourth-order valence-electron chi connectivity index (χ4n) is 2.41. The van der Waals surface area contributed by atoms with E-state index in [1.807, 2.05) is 0 Å². The summed E-state index contributed by atoms with van der Waals surface area (Å²) in [6, 6.07) is 0. The van der Waals surface area contributed by atoms with E-state index in [1.165, 1.54) is 0 Å². The van der Waals surface area contributed by atoms with Crippen molar-refractivity contribution in [1.29, 1.82) is 0 Å². The number of allylic oxidation sites excluding steroid dienone is 2. The van der Waals surface area contributed by atoms with Gasteiger partial charge in [0.1, 0.15) is 0 Å². The van der Waals surface area contributed by atoms with Crippen LogP contribution in [0.1, 0.15) is 25.7 Å². The second kappa shape index (κ2) is 2.92. The van der Waals surface area contributed by atoms with Crippen molar-refractivity contribution >= 4 is 5.97 Å². The molecule has 0 radical (unpaired) electrons. The predicted octanol–water partition coefficient (Wildman–Crippen LogP) is 2.06. The number of carbonyl (C=O) groups is 1. The molecule has 2 aliphatic carbocycles. The van der Waals surface area contributed by atoms with E-state index in [4.69, 9.17) is 5.11 Å². The molecule has 2 unspecified atom stereocenters. The Hall–Kier alpha value is -0.790. The first-order valence-corrected chi connectivity index (χ1v) is 4.68. The van der Waals surface area contributed by atoms with E-state index >= 15 is 0 Å². The van der Waals surface area contributed by atoms with Crippen LogP contribution in [-0.2, 0) is 4.79 Å². The van der Waals surface area contributed by atoms with Crippen LogP contribution in [0.5, 0.6) is 0 Å². The van der Waals surface area contributed by atoms with Gasteiger partial charge in [0.15, 0.2) is 0 Å². The zero-order chi connectivity index (χ0) is 8.55. The van der Waals surface area contributed by atoms with Gasteiger partial charge < -0.3 is 5.11 Å². The van der Waals surface area contributed by atoms with Crippen LogP contribution >= 0.6 is 0 Å². The molecule has 12 heavy (non-hydrogen) atoms. The molecule has 2 rings (SSSR count). The van der Waals surface area contributed by atoms with Gasteiger partial charge in [0.05, 0.1) is 5.92 Å². The number of aliphatic carboxylic acids is 1. The summed E-state index contributed by atoms with van der Waals surface area (Å²) in [6.07, 6.45) is 8.69. The molecular formula is C10H14O2. The summed E-state index contributed by atoms with van der Waals surface area (Å²) in [5.41, 5.74) is 0. The zero-order valence-electron chi connectivity index (χ0n) is 7.07. The average Bonchev–Trinajstić information content (AvgIpc) is 2.60. The summed E-state index contributed by atoms with van der Waals surface area (Å²) in [5, 5.41) is 8.85. The van der Waals surface area contributed by atoms with Crippen molar-refractivity contribution in [2.75, 3.05) is 0 Å². The van der Waals surface area contributed by atoms with Crippen LogP contribution in [0, 0.1) is 17.8 Å². The van der Waals surface area contributed by atoms with Gasteiger partial charge in [-0.3, -0.25) is 4.79 Å². The molecule has 0 spiro atoms. The molecule has 0 aromatic rings. The van der Waals surface area contributed by atoms with Gasteiger partial charge in [-0.25, -0.2) is 0 Å². The van der Waals surface area contributed by atoms with Crippen molar-refractivity contribution in [2.45, 2.75) is 25.7 Å². The summed E-state index contributed by atoms with van der Waals surface area (Å²) >= 11 is 0. The lowest BCUT2D eigenvalue weighted by Gasteiger charge is -1.98. The van der Waals surface area contributed by atoms with Crippen LogP contribution in [-0.4, -0.2) is 11.1 Å². The highest BCUT2D eigenvalue weighted by molar-refractivity contribution is 5.74. The molecule has 1 saturated carbocycles. The summed E-state index contributed by atoms with van der Waals surface area (Å²) in [5.74, 6) is 0.400. The van der Waals surface area contributed by atoms with E-state index in [0.29, 0.717) is 11.8 Å². The summed E-state index contributed by atoms with van der Waals surface area (Å²) in [6.45, 7) is 0. The Balaban J connectivity index is 1.98. The largest absolute Gasteiger partial charge is 0.481 e. The van der Waals surface area contributed by atoms with Crippen molar-refractivity contribution in [2.24, 2.45) is 17.8 Å². The Kier molecular flexibility index (Phi) is 1.91. The standard InChI is InChI=1S/C10H14O2/c11-10(12)9-7-5-3-1-2-4-6-8(7)9/h1-2,7-9H,3-6H2,(H,11,12)/b2-1+. The number of hydrogen-bond acceptors (Lipinski definition) is 1. The highest BCUT2D eigenvalue weighted by Crippen LogP contribution is 2.52. The number of carboxylic acids is 1. The Morgan fingerprint density at radius 1 is 1.17 bits per heavy atom. The minimum atomic E-state index is -0.577. The van der Waals surface area contributed by atoms with Crippen LogP contribution < -0.4 is 0 Å². The lowest BCUT2D eigenvalue weighted by molar-refractivity contribution is -0.139. The van der Waals surface area contributed by atoms with E-state index in [1.54, 1.807) is 0 Å². The Morgan fingerprint density at radius 3 is 2.08 bits per heavy atom. The second-order valence-electron chi connectivity index (χ2n) is 3.82. The van der Waals surface area contributed by atoms with E-state index in [0.717, 1.165) is 25.7 Å². The van der Waals surface area contributed by atoms with Gasteiger partial charge in [-0.15, -0.1) is 0 Å². The summed E-state index contributed by atoms with van der Waals surface area (Å²) in [4.78, 5) is 10.7. The van der Waals surface area contributed by atoms with Gasteiger partial charge in [0, 0.05) is 0 Å². The highest BCUT2D eigenvalue weighted by atomic mass is 16.4. The molecule has 2 nitrogen and oxygen atoms in total. The van der Waals surface area contributed by atoms with Gasteiger partial charge in [-0.1, -0.05) is 12.2 Å². The number of carboxylic acid groups (broad SMARTS) is 1. The lowest BCUT2D eigenvalue weighted by Crippen LogP contribution is -2.00. The number of fused-ring (bicyclic) bond motifs is 1. The van der Waals surface area contributed by atoms with Crippen molar-refractivity contribution < 1.29 is 9.90 Å². The Bertz CT molecular complexity index is 204. The normalized spacial score (nSPS) is 42.2. The van der Waals surface area contributed by atoms with Crippen LogP contribution in [0.2, 0.25) is 0 Å². The fourth-order valence-corrected chi connectivity index (χ4v) is 2.41. The molecule has 0 heterocycles. The fraction of sp³-hybridized carbons (Fsp3) is 0.700. The zero-order valence-corrected chi connectivity index (χ0v) is 7.07. The smallest absolute Gasteiger partial charge is 0.307 e. The third-order valence-electron chi connectivity index (χ3n) is 3.12. The van der Waals surface area contributed by atoms with Crippen LogP contribution in [0.25, 0.3) is 0 Å². The van der Waals surface area contributed by atoms with E-state index in [9.17, 15) is 4.79 Å². The molecule has 2 aliphatic rings. The van der Waals surface area contributed by atoms with Crippen molar-refractivity contribution in [3.05, 3.63) is 12.2 Å². The van der Waals surface area contributed by atoms with E-state index in [2.05, 4.69) is 12.2 Å². The maximum absolute atomic E-state index is 10.7. The van der Waals surface area contributed by atoms with Gasteiger partial charge >= 0.3 is 5.97 Å². The van der Waals surface area contributed by atoms with Crippen molar-refractivity contribution in [3.63, 3.8) is 0 Å². The van der Waals surface area contributed by atoms with Crippen LogP contribution in [0.4, 0.5) is 0 Å². The van der Waals surface area contributed by atoms with Gasteiger partial charge in [0.2, 0.25) is 0 Å². The molecule has 66 valence electrons. The van der Waals surface area contributed by atoms with Gasteiger partial charge in [-0.2, -0.15) is 0 Å². The minimum Gasteiger partial charge on any atom is -0.481 e. The molecule has 0 saturated heterocycles. The SMILES string of the molecule is O=C(O)C1C2CC/C=C/CCC21. The monoisotopic (exact) mass is 166 g/mol. The lowest BCUT2D eigenvalue weighted by atomic mass is 10.1. The van der Waals surface area contributed by atoms with Crippen molar-refractivity contribution in [1.82, 2.24) is 0 Å². The third kappa shape index (κ3) is 1.26. The first-order valence-electron chi connectivity index (χ1n) is 4.68. The average molecular weight is 166 g/mol. The Morgan fingerprint density at radius 2 is 1.67 bits per heavy atom. The molecule has 0 amide bonds. The van der Waals surface area contributed by atoms with Gasteiger partial charge in [-0.05, 0) is 37.5 Å². The molecular weight excluding hydrogens is 152 g/mol. The number of rotatable bonds is 1. The van der Waals surface area contributed by atoms with Crippen LogP contribution in [0.3, 0.4) is 0 Å². The predicted molar refractivity (Wildman–Crippen MR) is 45.7 cm³/mol. The molecule has 1 fully saturated rings. The Labute approximate surface area is 72.3 Å². The van der Waals surface area contributed by atoms with E-state index in [-0.39, 0.29) is 5.92 Å². The molecule has 2 heteroatoms. The first kappa shape index (κ1) is 7.84. The molecule has 0 aromatic carbocycles. The van der Waals surface area contributed by atoms with Crippen LogP contribution in [0.15, 0.2) is 12.2 Å². The molecule has 1 N–H and O–H groups in total. The topological polar surface area (TPSA) is 37.3 Å². The van der Waals surface area contributed by atoms with E-state index < -0.39 is 5.97 Å².